The number of rotatable bonds is 6. The minimum absolute atomic E-state index is 0.258. The van der Waals surface area contributed by atoms with Gasteiger partial charge in [0.1, 0.15) is 5.78 Å². The summed E-state index contributed by atoms with van der Waals surface area (Å²) >= 11 is 0. The molecule has 0 aliphatic heterocycles. The van der Waals surface area contributed by atoms with E-state index in [2.05, 4.69) is 53.8 Å². The third-order valence-corrected chi connectivity index (χ3v) is 13.2. The highest BCUT2D eigenvalue weighted by Crippen LogP contribution is 2.45. The van der Waals surface area contributed by atoms with Gasteiger partial charge in [-0.1, -0.05) is 47.1 Å². The van der Waals surface area contributed by atoms with Crippen molar-refractivity contribution >= 4 is 19.9 Å². The Kier molecular flexibility index (Phi) is 9.56. The summed E-state index contributed by atoms with van der Waals surface area (Å²) in [5, 5.41) is 0.300. The number of allylic oxidation sites excluding steroid dienone is 2. The normalized spacial score (nSPS) is 29.0. The fourth-order valence-electron chi connectivity index (χ4n) is 5.38. The molecule has 4 heteroatoms. The molecule has 3 nitrogen and oxygen atoms in total. The number of fused-ring (bicyclic) bond motifs is 1. The van der Waals surface area contributed by atoms with E-state index in [1.165, 1.54) is 38.5 Å². The predicted octanol–water partition coefficient (Wildman–Crippen LogP) is 8.18. The molecule has 0 radical (unpaired) electrons. The molecule has 2 saturated carbocycles. The van der Waals surface area contributed by atoms with Gasteiger partial charge in [-0.25, -0.2) is 0 Å². The SMILES string of the molecule is CC(C)(C)[Si](C)(C)OCCCC[C@@]1(C)CCCC(=O)C1.C[C@]12CCCC=C1C(=O)CCC2. The Morgan fingerprint density at radius 3 is 2.25 bits per heavy atom. The molecule has 0 aromatic carbocycles. The first-order valence-electron chi connectivity index (χ1n) is 13.2. The zero-order chi connectivity index (χ0) is 24.0. The smallest absolute Gasteiger partial charge is 0.191 e. The number of Topliss-reactive ketones (excluding diaryl/α,β-unsaturated/α-hetero) is 2. The molecule has 3 aliphatic rings. The van der Waals surface area contributed by atoms with Gasteiger partial charge in [0.2, 0.25) is 0 Å². The highest BCUT2D eigenvalue weighted by Gasteiger charge is 2.38. The predicted molar refractivity (Wildman–Crippen MR) is 137 cm³/mol. The van der Waals surface area contributed by atoms with Crippen LogP contribution >= 0.6 is 0 Å². The number of carbonyl (C=O) groups is 2. The van der Waals surface area contributed by atoms with Crippen LogP contribution in [0.1, 0.15) is 118 Å². The third-order valence-electron chi connectivity index (χ3n) is 8.67. The third kappa shape index (κ3) is 7.65. The van der Waals surface area contributed by atoms with Crippen molar-refractivity contribution in [1.29, 1.82) is 0 Å². The molecule has 184 valence electrons. The van der Waals surface area contributed by atoms with Crippen molar-refractivity contribution in [3.8, 4) is 0 Å². The van der Waals surface area contributed by atoms with Crippen LogP contribution in [-0.4, -0.2) is 26.5 Å². The van der Waals surface area contributed by atoms with Crippen molar-refractivity contribution in [2.75, 3.05) is 6.61 Å². The lowest BCUT2D eigenvalue weighted by Crippen LogP contribution is -2.41. The Bertz CT molecular complexity index is 687. The van der Waals surface area contributed by atoms with Gasteiger partial charge in [0.05, 0.1) is 0 Å². The Morgan fingerprint density at radius 1 is 0.969 bits per heavy atom. The molecule has 0 N–H and O–H groups in total. The molecule has 0 aromatic heterocycles. The van der Waals surface area contributed by atoms with Gasteiger partial charge in [0.25, 0.3) is 0 Å². The standard InChI is InChI=1S/C17H34O2Si.C11H16O/c1-16(2,3)20(5,6)19-13-8-7-11-17(4)12-9-10-15(18)14-17;1-11-7-3-2-5-9(11)10(12)6-4-8-11/h7-14H2,1-6H3;5H,2-4,6-8H2,1H3/t17-;11-/m01/s1. The second-order valence-corrected chi connectivity index (χ2v) is 17.6. The van der Waals surface area contributed by atoms with Gasteiger partial charge in [-0.2, -0.15) is 0 Å². The molecule has 0 aromatic rings. The number of hydrogen-bond acceptors (Lipinski definition) is 3. The summed E-state index contributed by atoms with van der Waals surface area (Å²) in [6.45, 7) is 16.9. The van der Waals surface area contributed by atoms with Crippen molar-refractivity contribution < 1.29 is 14.0 Å². The van der Waals surface area contributed by atoms with Crippen LogP contribution in [0.2, 0.25) is 18.1 Å². The van der Waals surface area contributed by atoms with E-state index in [-0.39, 0.29) is 10.8 Å². The molecule has 3 aliphatic carbocycles. The summed E-state index contributed by atoms with van der Waals surface area (Å²) in [5.74, 6) is 0.889. The Morgan fingerprint density at radius 2 is 1.62 bits per heavy atom. The number of ketones is 2. The average Bonchev–Trinajstić information content (AvgIpc) is 2.67. The summed E-state index contributed by atoms with van der Waals surface area (Å²) < 4.78 is 6.21. The first-order valence-corrected chi connectivity index (χ1v) is 16.1. The summed E-state index contributed by atoms with van der Waals surface area (Å²) in [6.07, 6.45) is 16.4. The molecular weight excluding hydrogens is 412 g/mol. The first-order chi connectivity index (χ1) is 14.8. The molecule has 0 heterocycles. The van der Waals surface area contributed by atoms with Gasteiger partial charge in [-0.3, -0.25) is 9.59 Å². The van der Waals surface area contributed by atoms with Crippen LogP contribution in [0.5, 0.6) is 0 Å². The van der Waals surface area contributed by atoms with Crippen molar-refractivity contribution in [2.24, 2.45) is 10.8 Å². The van der Waals surface area contributed by atoms with Crippen molar-refractivity contribution in [3.05, 3.63) is 11.6 Å². The van der Waals surface area contributed by atoms with Crippen molar-refractivity contribution in [2.45, 2.75) is 136 Å². The Balaban J connectivity index is 0.000000255. The van der Waals surface area contributed by atoms with Gasteiger partial charge in [-0.05, 0) is 92.3 Å². The second-order valence-electron chi connectivity index (χ2n) is 12.8. The zero-order valence-corrected chi connectivity index (χ0v) is 23.2. The maximum Gasteiger partial charge on any atom is 0.191 e. The highest BCUT2D eigenvalue weighted by atomic mass is 28.4. The van der Waals surface area contributed by atoms with Crippen LogP contribution in [-0.2, 0) is 14.0 Å². The minimum Gasteiger partial charge on any atom is -0.417 e. The average molecular weight is 463 g/mol. The topological polar surface area (TPSA) is 43.4 Å². The number of carbonyl (C=O) groups excluding carboxylic acids is 2. The number of hydrogen-bond donors (Lipinski definition) is 0. The first kappa shape index (κ1) is 27.5. The van der Waals surface area contributed by atoms with E-state index in [9.17, 15) is 9.59 Å². The van der Waals surface area contributed by atoms with E-state index in [0.29, 0.717) is 16.6 Å². The molecule has 2 atom stereocenters. The monoisotopic (exact) mass is 462 g/mol. The molecular formula is C28H50O3Si. The molecule has 0 spiro atoms. The fourth-order valence-corrected chi connectivity index (χ4v) is 6.47. The van der Waals surface area contributed by atoms with Crippen LogP contribution in [0.4, 0.5) is 0 Å². The maximum atomic E-state index is 11.6. The summed E-state index contributed by atoms with van der Waals surface area (Å²) in [6, 6.07) is 0. The maximum absolute atomic E-state index is 11.6. The largest absolute Gasteiger partial charge is 0.417 e. The van der Waals surface area contributed by atoms with Gasteiger partial charge >= 0.3 is 0 Å². The molecule has 0 unspecified atom stereocenters. The van der Waals surface area contributed by atoms with E-state index in [1.54, 1.807) is 0 Å². The lowest BCUT2D eigenvalue weighted by molar-refractivity contribution is -0.123. The summed E-state index contributed by atoms with van der Waals surface area (Å²) in [5.41, 5.74) is 1.68. The second kappa shape index (κ2) is 11.1. The summed E-state index contributed by atoms with van der Waals surface area (Å²) in [4.78, 5) is 23.2. The molecule has 32 heavy (non-hydrogen) atoms. The minimum atomic E-state index is -1.58. The quantitative estimate of drug-likeness (QED) is 0.295. The van der Waals surface area contributed by atoms with Crippen LogP contribution in [0.25, 0.3) is 0 Å². The van der Waals surface area contributed by atoms with E-state index in [4.69, 9.17) is 4.43 Å². The molecule has 0 amide bonds. The zero-order valence-electron chi connectivity index (χ0n) is 22.2. The lowest BCUT2D eigenvalue weighted by atomic mass is 9.66. The van der Waals surface area contributed by atoms with E-state index in [0.717, 1.165) is 57.1 Å². The van der Waals surface area contributed by atoms with Crippen LogP contribution < -0.4 is 0 Å². The van der Waals surface area contributed by atoms with Crippen LogP contribution in [0.3, 0.4) is 0 Å². The van der Waals surface area contributed by atoms with Crippen molar-refractivity contribution in [3.63, 3.8) is 0 Å². The van der Waals surface area contributed by atoms with E-state index >= 15 is 0 Å². The van der Waals surface area contributed by atoms with Gasteiger partial charge < -0.3 is 4.43 Å². The number of unbranched alkanes of at least 4 members (excludes halogenated alkanes) is 1. The molecule has 0 saturated heterocycles. The van der Waals surface area contributed by atoms with Crippen molar-refractivity contribution in [1.82, 2.24) is 0 Å². The van der Waals surface area contributed by atoms with Gasteiger partial charge in [-0.15, -0.1) is 0 Å². The van der Waals surface area contributed by atoms with Crippen LogP contribution in [0.15, 0.2) is 11.6 Å². The van der Waals surface area contributed by atoms with Gasteiger partial charge in [0, 0.05) is 25.9 Å². The fraction of sp³-hybridized carbons (Fsp3) is 0.857. The summed E-state index contributed by atoms with van der Waals surface area (Å²) in [7, 11) is -1.58. The Hall–Kier alpha value is -0.743. The van der Waals surface area contributed by atoms with Crippen LogP contribution in [0, 0.1) is 10.8 Å². The van der Waals surface area contributed by atoms with E-state index < -0.39 is 8.32 Å². The molecule has 2 fully saturated rings. The van der Waals surface area contributed by atoms with Gasteiger partial charge in [0.15, 0.2) is 14.1 Å². The van der Waals surface area contributed by atoms with E-state index in [1.807, 2.05) is 0 Å². The molecule has 3 rings (SSSR count). The lowest BCUT2D eigenvalue weighted by Gasteiger charge is -2.38. The highest BCUT2D eigenvalue weighted by molar-refractivity contribution is 6.74. The molecule has 0 bridgehead atoms. The Labute approximate surface area is 199 Å².